The smallest absolute Gasteiger partial charge is 0.408 e. The number of nitro benzene ring substituents is 1. The Balaban J connectivity index is 1.87. The molecule has 0 unspecified atom stereocenters. The van der Waals surface area contributed by atoms with Crippen LogP contribution in [0.25, 0.3) is 0 Å². The van der Waals surface area contributed by atoms with E-state index < -0.39 is 23.0 Å². The molecule has 0 saturated carbocycles. The van der Waals surface area contributed by atoms with E-state index in [0.29, 0.717) is 6.42 Å². The first-order valence-electron chi connectivity index (χ1n) is 7.93. The van der Waals surface area contributed by atoms with Crippen molar-refractivity contribution in [3.8, 4) is 5.75 Å². The van der Waals surface area contributed by atoms with Crippen LogP contribution >= 0.6 is 0 Å². The van der Waals surface area contributed by atoms with Crippen molar-refractivity contribution in [1.29, 1.82) is 0 Å². The van der Waals surface area contributed by atoms with Crippen molar-refractivity contribution < 1.29 is 24.0 Å². The number of non-ortho nitro benzene ring substituents is 1. The predicted octanol–water partition coefficient (Wildman–Crippen LogP) is 3.21. The maximum Gasteiger partial charge on any atom is 0.408 e. The van der Waals surface area contributed by atoms with Gasteiger partial charge in [0.1, 0.15) is 18.4 Å². The zero-order valence-corrected chi connectivity index (χ0v) is 14.1. The molecule has 1 atom stereocenters. The van der Waals surface area contributed by atoms with E-state index in [2.05, 4.69) is 5.32 Å². The monoisotopic (exact) mass is 358 g/mol. The van der Waals surface area contributed by atoms with Crippen LogP contribution in [0.2, 0.25) is 0 Å². The van der Waals surface area contributed by atoms with E-state index >= 15 is 0 Å². The lowest BCUT2D eigenvalue weighted by atomic mass is 10.2. The van der Waals surface area contributed by atoms with Gasteiger partial charge < -0.3 is 14.8 Å². The topological polar surface area (TPSA) is 108 Å². The maximum absolute atomic E-state index is 12.1. The molecule has 0 heterocycles. The maximum atomic E-state index is 12.1. The van der Waals surface area contributed by atoms with Crippen LogP contribution in [0.3, 0.4) is 0 Å². The standard InChI is InChI=1S/C18H18N2O6/c1-2-16(19-18(22)25-12-13-6-4-3-5-7-13)17(21)26-15-10-8-14(9-11-15)20(23)24/h3-11,16H,2,12H2,1H3,(H,19,22)/t16-/m1/s1. The fourth-order valence-electron chi connectivity index (χ4n) is 2.06. The molecule has 0 fully saturated rings. The molecule has 1 N–H and O–H groups in total. The van der Waals surface area contributed by atoms with Crippen LogP contribution in [0.5, 0.6) is 5.75 Å². The highest BCUT2D eigenvalue weighted by atomic mass is 16.6. The van der Waals surface area contributed by atoms with Gasteiger partial charge in [0.2, 0.25) is 0 Å². The Labute approximate surface area is 149 Å². The first kappa shape index (κ1) is 18.9. The summed E-state index contributed by atoms with van der Waals surface area (Å²) in [6.07, 6.45) is -0.437. The summed E-state index contributed by atoms with van der Waals surface area (Å²) in [5, 5.41) is 13.1. The number of alkyl carbamates (subject to hydrolysis) is 1. The molecule has 0 bridgehead atoms. The van der Waals surface area contributed by atoms with E-state index in [0.717, 1.165) is 5.56 Å². The van der Waals surface area contributed by atoms with Gasteiger partial charge in [-0.05, 0) is 24.1 Å². The van der Waals surface area contributed by atoms with Crippen molar-refractivity contribution in [2.75, 3.05) is 0 Å². The Bertz CT molecular complexity index is 761. The fraction of sp³-hybridized carbons (Fsp3) is 0.222. The van der Waals surface area contributed by atoms with E-state index in [4.69, 9.17) is 9.47 Å². The second kappa shape index (κ2) is 9.16. The van der Waals surface area contributed by atoms with Gasteiger partial charge in [-0.2, -0.15) is 0 Å². The summed E-state index contributed by atoms with van der Waals surface area (Å²) in [5.74, 6) is -0.531. The van der Waals surface area contributed by atoms with Crippen molar-refractivity contribution in [1.82, 2.24) is 5.32 Å². The highest BCUT2D eigenvalue weighted by Gasteiger charge is 2.22. The van der Waals surface area contributed by atoms with Crippen LogP contribution < -0.4 is 10.1 Å². The van der Waals surface area contributed by atoms with Crippen molar-refractivity contribution >= 4 is 17.7 Å². The van der Waals surface area contributed by atoms with E-state index in [9.17, 15) is 19.7 Å². The molecule has 136 valence electrons. The van der Waals surface area contributed by atoms with Crippen molar-refractivity contribution in [3.63, 3.8) is 0 Å². The quantitative estimate of drug-likeness (QED) is 0.352. The Morgan fingerprint density at radius 3 is 2.35 bits per heavy atom. The van der Waals surface area contributed by atoms with Gasteiger partial charge in [-0.15, -0.1) is 0 Å². The van der Waals surface area contributed by atoms with Gasteiger partial charge in [-0.1, -0.05) is 37.3 Å². The highest BCUT2D eigenvalue weighted by Crippen LogP contribution is 2.18. The lowest BCUT2D eigenvalue weighted by Gasteiger charge is -2.15. The molecule has 0 aliphatic heterocycles. The van der Waals surface area contributed by atoms with Gasteiger partial charge in [-0.25, -0.2) is 9.59 Å². The number of rotatable bonds is 7. The largest absolute Gasteiger partial charge is 0.445 e. The molecular weight excluding hydrogens is 340 g/mol. The Morgan fingerprint density at radius 2 is 1.77 bits per heavy atom. The lowest BCUT2D eigenvalue weighted by Crippen LogP contribution is -2.42. The summed E-state index contributed by atoms with van der Waals surface area (Å²) in [6.45, 7) is 1.79. The van der Waals surface area contributed by atoms with E-state index in [1.54, 1.807) is 6.92 Å². The molecule has 2 aromatic carbocycles. The number of carbonyl (C=O) groups is 2. The molecule has 0 saturated heterocycles. The number of hydrogen-bond acceptors (Lipinski definition) is 6. The number of ether oxygens (including phenoxy) is 2. The zero-order chi connectivity index (χ0) is 18.9. The number of benzene rings is 2. The van der Waals surface area contributed by atoms with Gasteiger partial charge in [-0.3, -0.25) is 10.1 Å². The minimum atomic E-state index is -0.895. The van der Waals surface area contributed by atoms with Crippen LogP contribution in [-0.4, -0.2) is 23.0 Å². The van der Waals surface area contributed by atoms with Crippen LogP contribution in [-0.2, 0) is 16.1 Å². The van der Waals surface area contributed by atoms with E-state index in [1.807, 2.05) is 30.3 Å². The first-order chi connectivity index (χ1) is 12.5. The van der Waals surface area contributed by atoms with Crippen LogP contribution in [0.4, 0.5) is 10.5 Å². The van der Waals surface area contributed by atoms with Gasteiger partial charge in [0.25, 0.3) is 5.69 Å². The summed E-state index contributed by atoms with van der Waals surface area (Å²) in [5.41, 5.74) is 0.712. The molecule has 2 rings (SSSR count). The predicted molar refractivity (Wildman–Crippen MR) is 92.6 cm³/mol. The average molecular weight is 358 g/mol. The zero-order valence-electron chi connectivity index (χ0n) is 14.1. The van der Waals surface area contributed by atoms with Gasteiger partial charge in [0.15, 0.2) is 0 Å². The summed E-state index contributed by atoms with van der Waals surface area (Å²) in [6, 6.07) is 13.3. The van der Waals surface area contributed by atoms with E-state index in [-0.39, 0.29) is 18.0 Å². The second-order valence-electron chi connectivity index (χ2n) is 5.34. The van der Waals surface area contributed by atoms with Crippen LogP contribution in [0.1, 0.15) is 18.9 Å². The Morgan fingerprint density at radius 1 is 1.12 bits per heavy atom. The number of hydrogen-bond donors (Lipinski definition) is 1. The average Bonchev–Trinajstić information content (AvgIpc) is 2.65. The fourth-order valence-corrected chi connectivity index (χ4v) is 2.06. The number of esters is 1. The SMILES string of the molecule is CC[C@@H](NC(=O)OCc1ccccc1)C(=O)Oc1ccc([N+](=O)[O-])cc1. The molecule has 2 aromatic rings. The molecule has 0 aliphatic rings. The molecule has 26 heavy (non-hydrogen) atoms. The Kier molecular flexibility index (Phi) is 6.67. The third-order valence-corrected chi connectivity index (χ3v) is 3.46. The van der Waals surface area contributed by atoms with Crippen molar-refractivity contribution in [2.24, 2.45) is 0 Å². The van der Waals surface area contributed by atoms with Crippen molar-refractivity contribution in [3.05, 3.63) is 70.3 Å². The lowest BCUT2D eigenvalue weighted by molar-refractivity contribution is -0.384. The number of amides is 1. The molecule has 1 amide bonds. The second-order valence-corrected chi connectivity index (χ2v) is 5.34. The minimum absolute atomic E-state index is 0.0838. The molecule has 8 nitrogen and oxygen atoms in total. The van der Waals surface area contributed by atoms with Gasteiger partial charge in [0, 0.05) is 12.1 Å². The third-order valence-electron chi connectivity index (χ3n) is 3.46. The summed E-state index contributed by atoms with van der Waals surface area (Å²) < 4.78 is 10.2. The number of nitrogens with zero attached hydrogens (tertiary/aromatic N) is 1. The number of carbonyl (C=O) groups excluding carboxylic acids is 2. The molecule has 0 spiro atoms. The first-order valence-corrected chi connectivity index (χ1v) is 7.93. The molecule has 0 aromatic heterocycles. The third kappa shape index (κ3) is 5.59. The molecule has 8 heteroatoms. The summed E-state index contributed by atoms with van der Waals surface area (Å²) >= 11 is 0. The summed E-state index contributed by atoms with van der Waals surface area (Å²) in [7, 11) is 0. The van der Waals surface area contributed by atoms with Gasteiger partial charge >= 0.3 is 12.1 Å². The molecule has 0 aliphatic carbocycles. The minimum Gasteiger partial charge on any atom is -0.445 e. The molecular formula is C18H18N2O6. The normalized spacial score (nSPS) is 11.3. The Hall–Kier alpha value is -3.42. The van der Waals surface area contributed by atoms with E-state index in [1.165, 1.54) is 24.3 Å². The van der Waals surface area contributed by atoms with Crippen LogP contribution in [0.15, 0.2) is 54.6 Å². The highest BCUT2D eigenvalue weighted by molar-refractivity contribution is 5.82. The summed E-state index contributed by atoms with van der Waals surface area (Å²) in [4.78, 5) is 34.1. The number of nitrogens with one attached hydrogen (secondary N) is 1. The molecule has 0 radical (unpaired) electrons. The van der Waals surface area contributed by atoms with Crippen molar-refractivity contribution in [2.45, 2.75) is 26.0 Å². The number of nitro groups is 1. The van der Waals surface area contributed by atoms with Gasteiger partial charge in [0.05, 0.1) is 4.92 Å². The van der Waals surface area contributed by atoms with Crippen LogP contribution in [0, 0.1) is 10.1 Å².